The molecule has 1 fully saturated rings. The number of hydrogen-bond donors (Lipinski definition) is 1. The maximum atomic E-state index is 5.99. The second kappa shape index (κ2) is 4.47. The minimum Gasteiger partial charge on any atom is -0.453 e. The predicted octanol–water partition coefficient (Wildman–Crippen LogP) is 2.61. The monoisotopic (exact) mass is 259 g/mol. The molecule has 3 nitrogen and oxygen atoms in total. The van der Waals surface area contributed by atoms with Gasteiger partial charge in [0, 0.05) is 6.61 Å². The maximum Gasteiger partial charge on any atom is 0.169 e. The lowest BCUT2D eigenvalue weighted by Gasteiger charge is -2.13. The van der Waals surface area contributed by atoms with Crippen LogP contribution in [0.1, 0.15) is 31.1 Å². The average molecular weight is 260 g/mol. The third-order valence-electron chi connectivity index (χ3n) is 2.50. The number of ether oxygens (including phenoxy) is 1. The third-order valence-corrected chi connectivity index (χ3v) is 2.93. The fraction of sp³-hybridized carbons (Fsp3) is 0.600. The molecule has 1 aliphatic heterocycles. The number of halogens is 1. The van der Waals surface area contributed by atoms with Crippen LogP contribution in [0.5, 0.6) is 0 Å². The molecule has 2 unspecified atom stereocenters. The van der Waals surface area contributed by atoms with Gasteiger partial charge in [-0.1, -0.05) is 0 Å². The molecule has 0 bridgehead atoms. The van der Waals surface area contributed by atoms with Crippen molar-refractivity contribution in [2.75, 3.05) is 6.61 Å². The van der Waals surface area contributed by atoms with Crippen LogP contribution in [0.3, 0.4) is 0 Å². The molecular weight excluding hydrogens is 246 g/mol. The van der Waals surface area contributed by atoms with Gasteiger partial charge in [0.2, 0.25) is 0 Å². The van der Waals surface area contributed by atoms with Gasteiger partial charge in [0.05, 0.1) is 12.1 Å². The summed E-state index contributed by atoms with van der Waals surface area (Å²) in [6.07, 6.45) is 3.43. The summed E-state index contributed by atoms with van der Waals surface area (Å²) in [5.41, 5.74) is 5.99. The SMILES string of the molecule is NC(CC1CCCO1)c1ccc(Br)o1. The van der Waals surface area contributed by atoms with Gasteiger partial charge >= 0.3 is 0 Å². The molecule has 0 amide bonds. The van der Waals surface area contributed by atoms with Crippen molar-refractivity contribution >= 4 is 15.9 Å². The minimum absolute atomic E-state index is 0.0515. The van der Waals surface area contributed by atoms with E-state index in [0.717, 1.165) is 36.3 Å². The summed E-state index contributed by atoms with van der Waals surface area (Å²) in [5, 5.41) is 0. The number of rotatable bonds is 3. The summed E-state index contributed by atoms with van der Waals surface area (Å²) in [7, 11) is 0. The van der Waals surface area contributed by atoms with Crippen LogP contribution in [0.15, 0.2) is 21.2 Å². The van der Waals surface area contributed by atoms with Crippen LogP contribution in [0.4, 0.5) is 0 Å². The van der Waals surface area contributed by atoms with Crippen LogP contribution in [-0.2, 0) is 4.74 Å². The highest BCUT2D eigenvalue weighted by Crippen LogP contribution is 2.25. The molecule has 2 heterocycles. The zero-order valence-electron chi connectivity index (χ0n) is 7.91. The lowest BCUT2D eigenvalue weighted by atomic mass is 10.1. The third kappa shape index (κ3) is 2.38. The number of nitrogens with two attached hydrogens (primary N) is 1. The molecule has 0 aliphatic carbocycles. The highest BCUT2D eigenvalue weighted by atomic mass is 79.9. The van der Waals surface area contributed by atoms with Gasteiger partial charge < -0.3 is 14.9 Å². The van der Waals surface area contributed by atoms with Gasteiger partial charge in [-0.2, -0.15) is 0 Å². The molecule has 2 atom stereocenters. The van der Waals surface area contributed by atoms with Crippen molar-refractivity contribution in [3.63, 3.8) is 0 Å². The first-order valence-corrected chi connectivity index (χ1v) is 5.67. The number of hydrogen-bond acceptors (Lipinski definition) is 3. The highest BCUT2D eigenvalue weighted by Gasteiger charge is 2.21. The molecule has 1 aromatic heterocycles. The van der Waals surface area contributed by atoms with Gasteiger partial charge in [-0.3, -0.25) is 0 Å². The topological polar surface area (TPSA) is 48.4 Å². The van der Waals surface area contributed by atoms with Crippen LogP contribution >= 0.6 is 15.9 Å². The Bertz CT molecular complexity index is 294. The van der Waals surface area contributed by atoms with Crippen molar-refractivity contribution in [2.24, 2.45) is 5.73 Å². The van der Waals surface area contributed by atoms with Crippen molar-refractivity contribution in [2.45, 2.75) is 31.4 Å². The quantitative estimate of drug-likeness (QED) is 0.908. The zero-order chi connectivity index (χ0) is 9.97. The second-order valence-corrected chi connectivity index (χ2v) is 4.40. The van der Waals surface area contributed by atoms with Crippen LogP contribution in [0.25, 0.3) is 0 Å². The van der Waals surface area contributed by atoms with E-state index in [4.69, 9.17) is 14.9 Å². The highest BCUT2D eigenvalue weighted by molar-refractivity contribution is 9.10. The Kier molecular flexibility index (Phi) is 3.26. The minimum atomic E-state index is -0.0515. The molecule has 0 aromatic carbocycles. The Morgan fingerprint density at radius 2 is 2.43 bits per heavy atom. The molecule has 0 saturated carbocycles. The summed E-state index contributed by atoms with van der Waals surface area (Å²) >= 11 is 3.26. The summed E-state index contributed by atoms with van der Waals surface area (Å²) in [4.78, 5) is 0. The Morgan fingerprint density at radius 1 is 1.57 bits per heavy atom. The first-order valence-electron chi connectivity index (χ1n) is 4.88. The van der Waals surface area contributed by atoms with Gasteiger partial charge in [-0.05, 0) is 47.3 Å². The largest absolute Gasteiger partial charge is 0.453 e. The summed E-state index contributed by atoms with van der Waals surface area (Å²) in [6.45, 7) is 0.874. The van der Waals surface area contributed by atoms with Crippen molar-refractivity contribution in [3.05, 3.63) is 22.6 Å². The van der Waals surface area contributed by atoms with E-state index >= 15 is 0 Å². The van der Waals surface area contributed by atoms with Crippen LogP contribution < -0.4 is 5.73 Å². The van der Waals surface area contributed by atoms with Crippen molar-refractivity contribution in [1.82, 2.24) is 0 Å². The smallest absolute Gasteiger partial charge is 0.169 e. The molecule has 78 valence electrons. The van der Waals surface area contributed by atoms with Gasteiger partial charge in [0.25, 0.3) is 0 Å². The Labute approximate surface area is 91.7 Å². The molecule has 1 aliphatic rings. The summed E-state index contributed by atoms with van der Waals surface area (Å²) in [6, 6.07) is 3.72. The molecule has 0 spiro atoms. The zero-order valence-corrected chi connectivity index (χ0v) is 9.50. The van der Waals surface area contributed by atoms with E-state index in [9.17, 15) is 0 Å². The molecule has 1 saturated heterocycles. The first kappa shape index (κ1) is 10.2. The lowest BCUT2D eigenvalue weighted by molar-refractivity contribution is 0.0962. The van der Waals surface area contributed by atoms with E-state index in [1.165, 1.54) is 0 Å². The Hall–Kier alpha value is -0.320. The lowest BCUT2D eigenvalue weighted by Crippen LogP contribution is -2.17. The van der Waals surface area contributed by atoms with Crippen molar-refractivity contribution in [1.29, 1.82) is 0 Å². The molecule has 1 aromatic rings. The second-order valence-electron chi connectivity index (χ2n) is 3.62. The Balaban J connectivity index is 1.91. The molecular formula is C10H14BrNO2. The van der Waals surface area contributed by atoms with Crippen molar-refractivity contribution in [3.8, 4) is 0 Å². The number of furan rings is 1. The van der Waals surface area contributed by atoms with Crippen molar-refractivity contribution < 1.29 is 9.15 Å². The van der Waals surface area contributed by atoms with Gasteiger partial charge in [-0.25, -0.2) is 0 Å². The van der Waals surface area contributed by atoms with E-state index in [-0.39, 0.29) is 6.04 Å². The first-order chi connectivity index (χ1) is 6.75. The van der Waals surface area contributed by atoms with Gasteiger partial charge in [0.1, 0.15) is 5.76 Å². The van der Waals surface area contributed by atoms with E-state index in [2.05, 4.69) is 15.9 Å². The van der Waals surface area contributed by atoms with E-state index in [1.807, 2.05) is 12.1 Å². The van der Waals surface area contributed by atoms with Crippen LogP contribution in [-0.4, -0.2) is 12.7 Å². The standard InChI is InChI=1S/C10H14BrNO2/c11-10-4-3-9(14-10)8(12)6-7-2-1-5-13-7/h3-4,7-8H,1-2,5-6,12H2. The maximum absolute atomic E-state index is 5.99. The van der Waals surface area contributed by atoms with Gasteiger partial charge in [0.15, 0.2) is 4.67 Å². The molecule has 0 radical (unpaired) electrons. The van der Waals surface area contributed by atoms with E-state index in [1.54, 1.807) is 0 Å². The van der Waals surface area contributed by atoms with Crippen LogP contribution in [0.2, 0.25) is 0 Å². The molecule has 2 rings (SSSR count). The summed E-state index contributed by atoms with van der Waals surface area (Å²) < 4.78 is 11.6. The van der Waals surface area contributed by atoms with Crippen LogP contribution in [0, 0.1) is 0 Å². The Morgan fingerprint density at radius 3 is 3.00 bits per heavy atom. The fourth-order valence-electron chi connectivity index (χ4n) is 1.76. The van der Waals surface area contributed by atoms with E-state index < -0.39 is 0 Å². The summed E-state index contributed by atoms with van der Waals surface area (Å²) in [5.74, 6) is 0.826. The molecule has 14 heavy (non-hydrogen) atoms. The molecule has 4 heteroatoms. The van der Waals surface area contributed by atoms with E-state index in [0.29, 0.717) is 6.10 Å². The normalized spacial score (nSPS) is 24.0. The fourth-order valence-corrected chi connectivity index (χ4v) is 2.08. The molecule has 2 N–H and O–H groups in total. The average Bonchev–Trinajstić information content (AvgIpc) is 2.75. The predicted molar refractivity (Wildman–Crippen MR) is 56.9 cm³/mol. The van der Waals surface area contributed by atoms with Gasteiger partial charge in [-0.15, -0.1) is 0 Å².